The average molecular weight is 451 g/mol. The van der Waals surface area contributed by atoms with E-state index in [-0.39, 0.29) is 11.5 Å². The Labute approximate surface area is 198 Å². The molecule has 2 heterocycles. The largest absolute Gasteiger partial charge is 0.467 e. The number of hydrogen-bond donors (Lipinski definition) is 0. The van der Waals surface area contributed by atoms with E-state index in [2.05, 4.69) is 70.4 Å². The molecule has 5 heteroatoms. The lowest BCUT2D eigenvalue weighted by atomic mass is 9.84. The van der Waals surface area contributed by atoms with E-state index < -0.39 is 0 Å². The number of hydrogen-bond acceptors (Lipinski definition) is 4. The first-order valence-corrected chi connectivity index (χ1v) is 11.9. The molecular formula is C28H38N2O3. The van der Waals surface area contributed by atoms with Crippen molar-refractivity contribution in [2.45, 2.75) is 73.5 Å². The van der Waals surface area contributed by atoms with Gasteiger partial charge >= 0.3 is 0 Å². The molecule has 0 aliphatic heterocycles. The Morgan fingerprint density at radius 2 is 1.97 bits per heavy atom. The standard InChI is InChI=1S/C28H38N2O3/c1-8-10-21-14-23(26(29-16-21)20(4)32-7)27-24(15-28(5,6)17-33-18-31)22-13-19(3)11-12-25(22)30(27)9-2/h11-14,16,18,20H,8-10,15,17H2,1-7H3. The second kappa shape index (κ2) is 10.5. The maximum atomic E-state index is 10.9. The Morgan fingerprint density at radius 1 is 1.21 bits per heavy atom. The SMILES string of the molecule is CCCc1cnc(C(C)OC)c(-c2c(CC(C)(C)COC=O)c3cc(C)ccc3n2CC)c1. The Morgan fingerprint density at radius 3 is 2.61 bits per heavy atom. The van der Waals surface area contributed by atoms with Gasteiger partial charge in [-0.15, -0.1) is 0 Å². The molecule has 5 nitrogen and oxygen atoms in total. The summed E-state index contributed by atoms with van der Waals surface area (Å²) >= 11 is 0. The van der Waals surface area contributed by atoms with Crippen molar-refractivity contribution < 1.29 is 14.3 Å². The number of aryl methyl sites for hydroxylation is 3. The van der Waals surface area contributed by atoms with Gasteiger partial charge in [-0.25, -0.2) is 0 Å². The first kappa shape index (κ1) is 25.0. The molecule has 1 aromatic carbocycles. The zero-order valence-electron chi connectivity index (χ0n) is 21.2. The van der Waals surface area contributed by atoms with Gasteiger partial charge in [-0.1, -0.05) is 38.8 Å². The fourth-order valence-corrected chi connectivity index (χ4v) is 4.71. The van der Waals surface area contributed by atoms with Crippen LogP contribution in [0.2, 0.25) is 0 Å². The van der Waals surface area contributed by atoms with E-state index in [1.165, 1.54) is 33.3 Å². The topological polar surface area (TPSA) is 53.4 Å². The summed E-state index contributed by atoms with van der Waals surface area (Å²) in [5, 5.41) is 1.25. The van der Waals surface area contributed by atoms with Gasteiger partial charge in [0.15, 0.2) is 0 Å². The van der Waals surface area contributed by atoms with Gasteiger partial charge in [-0.2, -0.15) is 0 Å². The highest BCUT2D eigenvalue weighted by Gasteiger charge is 2.28. The zero-order chi connectivity index (χ0) is 24.2. The van der Waals surface area contributed by atoms with Gasteiger partial charge in [0, 0.05) is 41.7 Å². The minimum Gasteiger partial charge on any atom is -0.467 e. The van der Waals surface area contributed by atoms with Crippen molar-refractivity contribution >= 4 is 17.4 Å². The van der Waals surface area contributed by atoms with Gasteiger partial charge in [-0.05, 0) is 62.9 Å². The molecule has 33 heavy (non-hydrogen) atoms. The normalized spacial score (nSPS) is 12.8. The van der Waals surface area contributed by atoms with E-state index in [4.69, 9.17) is 14.5 Å². The van der Waals surface area contributed by atoms with Crippen LogP contribution in [0, 0.1) is 12.3 Å². The summed E-state index contributed by atoms with van der Waals surface area (Å²) in [5.74, 6) is 0. The van der Waals surface area contributed by atoms with Crippen molar-refractivity contribution in [3.8, 4) is 11.3 Å². The molecule has 0 saturated heterocycles. The highest BCUT2D eigenvalue weighted by atomic mass is 16.5. The fourth-order valence-electron chi connectivity index (χ4n) is 4.71. The number of benzene rings is 1. The summed E-state index contributed by atoms with van der Waals surface area (Å²) in [6.45, 7) is 14.6. The minimum atomic E-state index is -0.215. The molecule has 0 radical (unpaired) electrons. The zero-order valence-corrected chi connectivity index (χ0v) is 21.2. The molecule has 0 aliphatic carbocycles. The minimum absolute atomic E-state index is 0.125. The average Bonchev–Trinajstić information content (AvgIpc) is 3.09. The van der Waals surface area contributed by atoms with Crippen LogP contribution in [0.5, 0.6) is 0 Å². The monoisotopic (exact) mass is 450 g/mol. The first-order valence-electron chi connectivity index (χ1n) is 11.9. The van der Waals surface area contributed by atoms with Crippen molar-refractivity contribution in [1.82, 2.24) is 9.55 Å². The lowest BCUT2D eigenvalue weighted by molar-refractivity contribution is -0.131. The lowest BCUT2D eigenvalue weighted by Crippen LogP contribution is -2.22. The highest BCUT2D eigenvalue weighted by molar-refractivity contribution is 5.93. The van der Waals surface area contributed by atoms with Gasteiger partial charge in [0.25, 0.3) is 6.47 Å². The Bertz CT molecular complexity index is 1110. The highest BCUT2D eigenvalue weighted by Crippen LogP contribution is 2.41. The summed E-state index contributed by atoms with van der Waals surface area (Å²) in [4.78, 5) is 15.8. The molecule has 2 aromatic heterocycles. The van der Waals surface area contributed by atoms with Crippen LogP contribution in [0.1, 0.15) is 69.5 Å². The van der Waals surface area contributed by atoms with Crippen molar-refractivity contribution in [3.05, 3.63) is 52.8 Å². The van der Waals surface area contributed by atoms with Crippen LogP contribution in [-0.2, 0) is 33.7 Å². The van der Waals surface area contributed by atoms with E-state index in [1.807, 2.05) is 6.20 Å². The first-order chi connectivity index (χ1) is 15.8. The molecule has 0 spiro atoms. The summed E-state index contributed by atoms with van der Waals surface area (Å²) in [5.41, 5.74) is 8.02. The van der Waals surface area contributed by atoms with Crippen LogP contribution in [0.25, 0.3) is 22.2 Å². The van der Waals surface area contributed by atoms with Crippen molar-refractivity contribution in [1.29, 1.82) is 0 Å². The predicted molar refractivity (Wildman–Crippen MR) is 134 cm³/mol. The number of pyridine rings is 1. The molecule has 178 valence electrons. The summed E-state index contributed by atoms with van der Waals surface area (Å²) in [6.07, 6.45) is 4.70. The van der Waals surface area contributed by atoms with E-state index in [0.29, 0.717) is 13.1 Å². The van der Waals surface area contributed by atoms with E-state index >= 15 is 0 Å². The van der Waals surface area contributed by atoms with E-state index in [0.717, 1.165) is 37.1 Å². The maximum absolute atomic E-state index is 10.9. The molecule has 0 N–H and O–H groups in total. The molecular weight excluding hydrogens is 412 g/mol. The third-order valence-electron chi connectivity index (χ3n) is 6.34. The van der Waals surface area contributed by atoms with Crippen LogP contribution < -0.4 is 0 Å². The number of nitrogens with zero attached hydrogens (tertiary/aromatic N) is 2. The van der Waals surface area contributed by atoms with Crippen molar-refractivity contribution in [2.75, 3.05) is 13.7 Å². The molecule has 0 aliphatic rings. The van der Waals surface area contributed by atoms with Crippen LogP contribution in [0.15, 0.2) is 30.5 Å². The van der Waals surface area contributed by atoms with Crippen LogP contribution >= 0.6 is 0 Å². The van der Waals surface area contributed by atoms with E-state index in [9.17, 15) is 4.79 Å². The Balaban J connectivity index is 2.36. The lowest BCUT2D eigenvalue weighted by Gasteiger charge is -2.25. The smallest absolute Gasteiger partial charge is 0.293 e. The third-order valence-corrected chi connectivity index (χ3v) is 6.34. The number of rotatable bonds is 11. The number of carbonyl (C=O) groups excluding carboxylic acids is 1. The molecule has 0 amide bonds. The number of carbonyl (C=O) groups is 1. The third kappa shape index (κ3) is 5.30. The Kier molecular flexibility index (Phi) is 7.96. The molecule has 1 atom stereocenters. The molecule has 0 bridgehead atoms. The van der Waals surface area contributed by atoms with E-state index in [1.54, 1.807) is 7.11 Å². The second-order valence-electron chi connectivity index (χ2n) is 9.74. The summed E-state index contributed by atoms with van der Waals surface area (Å²) < 4.78 is 13.3. The van der Waals surface area contributed by atoms with Crippen molar-refractivity contribution in [3.63, 3.8) is 0 Å². The molecule has 0 fully saturated rings. The van der Waals surface area contributed by atoms with Gasteiger partial charge in [0.1, 0.15) is 0 Å². The van der Waals surface area contributed by atoms with Gasteiger partial charge in [0.05, 0.1) is 24.1 Å². The number of methoxy groups -OCH3 is 1. The number of fused-ring (bicyclic) bond motifs is 1. The van der Waals surface area contributed by atoms with Crippen molar-refractivity contribution in [2.24, 2.45) is 5.41 Å². The summed E-state index contributed by atoms with van der Waals surface area (Å²) in [7, 11) is 1.73. The quantitative estimate of drug-likeness (QED) is 0.316. The van der Waals surface area contributed by atoms with Crippen LogP contribution in [-0.4, -0.2) is 29.7 Å². The number of aromatic nitrogens is 2. The fraction of sp³-hybridized carbons (Fsp3) is 0.500. The number of ether oxygens (including phenoxy) is 2. The van der Waals surface area contributed by atoms with Gasteiger partial charge in [-0.3, -0.25) is 9.78 Å². The molecule has 3 rings (SSSR count). The maximum Gasteiger partial charge on any atom is 0.293 e. The Hall–Kier alpha value is -2.66. The van der Waals surface area contributed by atoms with Gasteiger partial charge in [0.2, 0.25) is 0 Å². The van der Waals surface area contributed by atoms with Crippen LogP contribution in [0.4, 0.5) is 0 Å². The molecule has 3 aromatic rings. The van der Waals surface area contributed by atoms with Crippen LogP contribution in [0.3, 0.4) is 0 Å². The molecule has 1 unspecified atom stereocenters. The molecule has 0 saturated carbocycles. The summed E-state index contributed by atoms with van der Waals surface area (Å²) in [6, 6.07) is 8.97. The second-order valence-corrected chi connectivity index (χ2v) is 9.74. The van der Waals surface area contributed by atoms with Gasteiger partial charge < -0.3 is 14.0 Å². The predicted octanol–water partition coefficient (Wildman–Crippen LogP) is 6.43.